The number of hydrogen-bond acceptors (Lipinski definition) is 6. The van der Waals surface area contributed by atoms with Crippen molar-refractivity contribution in [1.29, 1.82) is 0 Å². The van der Waals surface area contributed by atoms with Crippen LogP contribution in [0.25, 0.3) is 0 Å². The number of aromatic nitrogens is 2. The van der Waals surface area contributed by atoms with Gasteiger partial charge in [-0.15, -0.1) is 3.89 Å². The molecule has 0 aromatic carbocycles. The second-order valence-corrected chi connectivity index (χ2v) is 5.59. The van der Waals surface area contributed by atoms with Crippen molar-refractivity contribution in [3.8, 4) is 6.01 Å². The lowest BCUT2D eigenvalue weighted by atomic mass is 10.1. The molecule has 9 heteroatoms. The summed E-state index contributed by atoms with van der Waals surface area (Å²) in [5.74, 6) is -1.20. The van der Waals surface area contributed by atoms with Crippen LogP contribution < -0.4 is 9.64 Å². The molecular formula is C10H12FN3O4S. The predicted molar refractivity (Wildman–Crippen MR) is 63.9 cm³/mol. The zero-order chi connectivity index (χ0) is 14.0. The molecule has 0 N–H and O–H groups in total. The average Bonchev–Trinajstić information content (AvgIpc) is 2.68. The van der Waals surface area contributed by atoms with Crippen molar-refractivity contribution in [1.82, 2.24) is 9.97 Å². The molecule has 0 spiro atoms. The first-order valence-electron chi connectivity index (χ1n) is 5.49. The molecule has 0 bridgehead atoms. The van der Waals surface area contributed by atoms with Crippen molar-refractivity contribution in [3.63, 3.8) is 0 Å². The summed E-state index contributed by atoms with van der Waals surface area (Å²) in [5, 5.41) is 0. The molecule has 1 saturated heterocycles. The SMILES string of the molecule is COc1nccc(N2CC(CS(=O)(=O)F)CC2=O)n1. The van der Waals surface area contributed by atoms with Crippen molar-refractivity contribution >= 4 is 21.9 Å². The molecule has 1 unspecified atom stereocenters. The highest BCUT2D eigenvalue weighted by Gasteiger charge is 2.34. The Hall–Kier alpha value is -1.77. The summed E-state index contributed by atoms with van der Waals surface area (Å²) in [7, 11) is -3.19. The van der Waals surface area contributed by atoms with E-state index in [0.717, 1.165) is 0 Å². The van der Waals surface area contributed by atoms with Crippen LogP contribution in [0.1, 0.15) is 6.42 Å². The fraction of sp³-hybridized carbons (Fsp3) is 0.500. The largest absolute Gasteiger partial charge is 0.467 e. The molecule has 2 heterocycles. The topological polar surface area (TPSA) is 89.5 Å². The zero-order valence-corrected chi connectivity index (χ0v) is 10.9. The lowest BCUT2D eigenvalue weighted by Gasteiger charge is -2.15. The quantitative estimate of drug-likeness (QED) is 0.732. The van der Waals surface area contributed by atoms with Crippen LogP contribution in [-0.4, -0.2) is 43.7 Å². The summed E-state index contributed by atoms with van der Waals surface area (Å²) >= 11 is 0. The van der Waals surface area contributed by atoms with Crippen LogP contribution in [0.3, 0.4) is 0 Å². The molecule has 0 radical (unpaired) electrons. The molecule has 1 aromatic heterocycles. The van der Waals surface area contributed by atoms with Crippen LogP contribution in [0.2, 0.25) is 0 Å². The Balaban J connectivity index is 2.15. The lowest BCUT2D eigenvalue weighted by Crippen LogP contribution is -2.26. The van der Waals surface area contributed by atoms with Gasteiger partial charge in [0.2, 0.25) is 5.91 Å². The minimum absolute atomic E-state index is 0.0184. The van der Waals surface area contributed by atoms with E-state index in [2.05, 4.69) is 9.97 Å². The Morgan fingerprint density at radius 3 is 2.95 bits per heavy atom. The third-order valence-corrected chi connectivity index (χ3v) is 3.59. The van der Waals surface area contributed by atoms with E-state index in [4.69, 9.17) is 4.74 Å². The molecule has 7 nitrogen and oxygen atoms in total. The minimum Gasteiger partial charge on any atom is -0.467 e. The van der Waals surface area contributed by atoms with Crippen molar-refractivity contribution in [3.05, 3.63) is 12.3 Å². The van der Waals surface area contributed by atoms with Crippen LogP contribution in [0.4, 0.5) is 9.70 Å². The fourth-order valence-electron chi connectivity index (χ4n) is 1.98. The number of anilines is 1. The Labute approximate surface area is 109 Å². The number of carbonyl (C=O) groups excluding carboxylic acids is 1. The smallest absolute Gasteiger partial charge is 0.318 e. The molecule has 1 aliphatic heterocycles. The van der Waals surface area contributed by atoms with Crippen LogP contribution in [0.5, 0.6) is 6.01 Å². The van der Waals surface area contributed by atoms with E-state index >= 15 is 0 Å². The van der Waals surface area contributed by atoms with Gasteiger partial charge in [-0.05, 0) is 6.07 Å². The van der Waals surface area contributed by atoms with E-state index in [-0.39, 0.29) is 24.9 Å². The Kier molecular flexibility index (Phi) is 3.65. The molecular weight excluding hydrogens is 277 g/mol. The number of ether oxygens (including phenoxy) is 1. The van der Waals surface area contributed by atoms with Gasteiger partial charge >= 0.3 is 16.2 Å². The van der Waals surface area contributed by atoms with Crippen molar-refractivity contribution in [2.24, 2.45) is 5.92 Å². The van der Waals surface area contributed by atoms with Gasteiger partial charge in [0, 0.05) is 25.1 Å². The normalized spacial score (nSPS) is 19.8. The molecule has 1 amide bonds. The molecule has 0 aliphatic carbocycles. The maximum Gasteiger partial charge on any atom is 0.318 e. The van der Waals surface area contributed by atoms with E-state index in [1.54, 1.807) is 0 Å². The average molecular weight is 289 g/mol. The molecule has 1 atom stereocenters. The number of rotatable bonds is 4. The van der Waals surface area contributed by atoms with E-state index in [1.807, 2.05) is 0 Å². The van der Waals surface area contributed by atoms with E-state index in [9.17, 15) is 17.1 Å². The van der Waals surface area contributed by atoms with Gasteiger partial charge in [0.15, 0.2) is 0 Å². The highest BCUT2D eigenvalue weighted by molar-refractivity contribution is 7.86. The third kappa shape index (κ3) is 3.37. The summed E-state index contributed by atoms with van der Waals surface area (Å²) in [4.78, 5) is 20.9. The van der Waals surface area contributed by atoms with Crippen LogP contribution in [0.15, 0.2) is 12.3 Å². The Morgan fingerprint density at radius 2 is 2.32 bits per heavy atom. The lowest BCUT2D eigenvalue weighted by molar-refractivity contribution is -0.117. The second-order valence-electron chi connectivity index (χ2n) is 4.18. The van der Waals surface area contributed by atoms with Gasteiger partial charge in [0.1, 0.15) is 5.82 Å². The summed E-state index contributed by atoms with van der Waals surface area (Å²) < 4.78 is 38.6. The van der Waals surface area contributed by atoms with Gasteiger partial charge in [-0.3, -0.25) is 9.69 Å². The number of carbonyl (C=O) groups is 1. The summed E-state index contributed by atoms with van der Waals surface area (Å²) in [6.45, 7) is 0.113. The summed E-state index contributed by atoms with van der Waals surface area (Å²) in [6, 6.07) is 1.61. The Bertz CT molecular complexity index is 592. The molecule has 1 fully saturated rings. The number of hydrogen-bond donors (Lipinski definition) is 0. The second kappa shape index (κ2) is 5.08. The fourth-order valence-corrected chi connectivity index (χ4v) is 2.76. The highest BCUT2D eigenvalue weighted by atomic mass is 32.3. The summed E-state index contributed by atoms with van der Waals surface area (Å²) in [5.41, 5.74) is 0. The predicted octanol–water partition coefficient (Wildman–Crippen LogP) is 0.137. The van der Waals surface area contributed by atoms with Gasteiger partial charge < -0.3 is 4.74 Å². The van der Waals surface area contributed by atoms with Gasteiger partial charge in [-0.25, -0.2) is 4.98 Å². The van der Waals surface area contributed by atoms with Gasteiger partial charge in [-0.2, -0.15) is 13.4 Å². The van der Waals surface area contributed by atoms with E-state index < -0.39 is 21.9 Å². The van der Waals surface area contributed by atoms with E-state index in [1.165, 1.54) is 24.3 Å². The molecule has 0 saturated carbocycles. The molecule has 19 heavy (non-hydrogen) atoms. The first-order chi connectivity index (χ1) is 8.89. The number of halogens is 1. The number of nitrogens with zero attached hydrogens (tertiary/aromatic N) is 3. The maximum absolute atomic E-state index is 12.6. The third-order valence-electron chi connectivity index (χ3n) is 2.72. The van der Waals surface area contributed by atoms with E-state index in [0.29, 0.717) is 5.82 Å². The molecule has 2 rings (SSSR count). The van der Waals surface area contributed by atoms with Crippen molar-refractivity contribution in [2.75, 3.05) is 24.3 Å². The molecule has 104 valence electrons. The van der Waals surface area contributed by atoms with Gasteiger partial charge in [0.25, 0.3) is 0 Å². The zero-order valence-electron chi connectivity index (χ0n) is 10.1. The van der Waals surface area contributed by atoms with Crippen LogP contribution in [0, 0.1) is 5.92 Å². The van der Waals surface area contributed by atoms with Gasteiger partial charge in [-0.1, -0.05) is 0 Å². The minimum atomic E-state index is -4.59. The first-order valence-corrected chi connectivity index (χ1v) is 7.04. The monoisotopic (exact) mass is 289 g/mol. The Morgan fingerprint density at radius 1 is 1.58 bits per heavy atom. The van der Waals surface area contributed by atoms with Crippen molar-refractivity contribution < 1.29 is 21.8 Å². The number of methoxy groups -OCH3 is 1. The van der Waals surface area contributed by atoms with Gasteiger partial charge in [0.05, 0.1) is 12.9 Å². The standard InChI is InChI=1S/C10H12FN3O4S/c1-18-10-12-3-2-8(13-10)14-5-7(4-9(14)15)6-19(11,16)17/h2-3,7H,4-6H2,1H3. The highest BCUT2D eigenvalue weighted by Crippen LogP contribution is 2.25. The first kappa shape index (κ1) is 13.7. The molecule has 1 aromatic rings. The van der Waals surface area contributed by atoms with Crippen LogP contribution >= 0.6 is 0 Å². The molecule has 1 aliphatic rings. The maximum atomic E-state index is 12.6. The van der Waals surface area contributed by atoms with Crippen LogP contribution in [-0.2, 0) is 15.0 Å². The summed E-state index contributed by atoms with van der Waals surface area (Å²) in [6.07, 6.45) is 1.41. The number of amides is 1. The van der Waals surface area contributed by atoms with Crippen molar-refractivity contribution in [2.45, 2.75) is 6.42 Å².